The van der Waals surface area contributed by atoms with E-state index >= 15 is 0 Å². The molecule has 2 fully saturated rings. The molecule has 2 atom stereocenters. The molecule has 136 valence electrons. The Morgan fingerprint density at radius 1 is 1.12 bits per heavy atom. The highest BCUT2D eigenvalue weighted by Crippen LogP contribution is 2.25. The number of aliphatic hydroxyl groups excluding tert-OH is 1. The Bertz CT molecular complexity index is 611. The monoisotopic (exact) mass is 346 g/mol. The maximum atomic E-state index is 12.6. The van der Waals surface area contributed by atoms with Gasteiger partial charge in [-0.25, -0.2) is 4.79 Å². The van der Waals surface area contributed by atoms with Crippen LogP contribution in [0.1, 0.15) is 35.2 Å². The SMILES string of the molecule is NC(=O)NCc1ccc(C(=O)N2CCN([C@@H]3CCC[C@@H]3O)CC2)cc1. The van der Waals surface area contributed by atoms with E-state index in [4.69, 9.17) is 5.73 Å². The minimum absolute atomic E-state index is 0.0287. The molecule has 1 aliphatic carbocycles. The van der Waals surface area contributed by atoms with Crippen molar-refractivity contribution in [3.05, 3.63) is 35.4 Å². The topological polar surface area (TPSA) is 98.9 Å². The van der Waals surface area contributed by atoms with Crippen LogP contribution < -0.4 is 11.1 Å². The second-order valence-corrected chi connectivity index (χ2v) is 6.81. The van der Waals surface area contributed by atoms with Crippen LogP contribution in [0.25, 0.3) is 0 Å². The Labute approximate surface area is 147 Å². The summed E-state index contributed by atoms with van der Waals surface area (Å²) in [5.41, 5.74) is 6.60. The molecule has 1 saturated carbocycles. The van der Waals surface area contributed by atoms with Crippen molar-refractivity contribution >= 4 is 11.9 Å². The summed E-state index contributed by atoms with van der Waals surface area (Å²) >= 11 is 0. The molecule has 3 rings (SSSR count). The van der Waals surface area contributed by atoms with Gasteiger partial charge in [0.05, 0.1) is 6.10 Å². The number of benzene rings is 1. The zero-order chi connectivity index (χ0) is 17.8. The molecule has 0 bridgehead atoms. The third-order valence-corrected chi connectivity index (χ3v) is 5.18. The van der Waals surface area contributed by atoms with Crippen molar-refractivity contribution in [2.75, 3.05) is 26.2 Å². The van der Waals surface area contributed by atoms with Gasteiger partial charge in [0.15, 0.2) is 0 Å². The zero-order valence-electron chi connectivity index (χ0n) is 14.4. The van der Waals surface area contributed by atoms with E-state index in [1.54, 1.807) is 12.1 Å². The number of urea groups is 1. The largest absolute Gasteiger partial charge is 0.391 e. The van der Waals surface area contributed by atoms with Crippen LogP contribution in [-0.2, 0) is 6.54 Å². The van der Waals surface area contributed by atoms with E-state index in [0.717, 1.165) is 37.9 Å². The standard InChI is InChI=1S/C18H26N4O3/c19-18(25)20-12-13-4-6-14(7-5-13)17(24)22-10-8-21(9-11-22)15-2-1-3-16(15)23/h4-7,15-16,23H,1-3,8-12H2,(H3,19,20,25)/t15-,16+/m1/s1. The summed E-state index contributed by atoms with van der Waals surface area (Å²) < 4.78 is 0. The molecule has 0 unspecified atom stereocenters. The average molecular weight is 346 g/mol. The Kier molecular flexibility index (Phi) is 5.55. The van der Waals surface area contributed by atoms with Gasteiger partial charge < -0.3 is 21.1 Å². The molecule has 2 aliphatic rings. The van der Waals surface area contributed by atoms with Gasteiger partial charge in [0.2, 0.25) is 0 Å². The van der Waals surface area contributed by atoms with E-state index in [9.17, 15) is 14.7 Å². The van der Waals surface area contributed by atoms with Gasteiger partial charge in [-0.1, -0.05) is 12.1 Å². The van der Waals surface area contributed by atoms with Gasteiger partial charge in [-0.05, 0) is 37.0 Å². The van der Waals surface area contributed by atoms with Crippen molar-refractivity contribution in [2.24, 2.45) is 5.73 Å². The molecular weight excluding hydrogens is 320 g/mol. The minimum Gasteiger partial charge on any atom is -0.391 e. The lowest BCUT2D eigenvalue weighted by Crippen LogP contribution is -2.53. The summed E-state index contributed by atoms with van der Waals surface area (Å²) in [5.74, 6) is 0.0287. The number of aliphatic hydroxyl groups is 1. The number of hydrogen-bond donors (Lipinski definition) is 3. The normalized spacial score (nSPS) is 24.3. The van der Waals surface area contributed by atoms with Gasteiger partial charge in [0.25, 0.3) is 5.91 Å². The van der Waals surface area contributed by atoms with E-state index in [-0.39, 0.29) is 18.1 Å². The molecule has 1 saturated heterocycles. The fourth-order valence-electron chi connectivity index (χ4n) is 3.74. The third-order valence-electron chi connectivity index (χ3n) is 5.18. The van der Waals surface area contributed by atoms with Gasteiger partial charge in [0.1, 0.15) is 0 Å². The molecule has 0 spiro atoms. The van der Waals surface area contributed by atoms with Crippen LogP contribution in [0.2, 0.25) is 0 Å². The summed E-state index contributed by atoms with van der Waals surface area (Å²) in [4.78, 5) is 27.6. The molecule has 3 amide bonds. The predicted molar refractivity (Wildman–Crippen MR) is 94.0 cm³/mol. The van der Waals surface area contributed by atoms with Gasteiger partial charge in [0, 0.05) is 44.3 Å². The summed E-state index contributed by atoms with van der Waals surface area (Å²) in [6.07, 6.45) is 2.81. The molecular formula is C18H26N4O3. The summed E-state index contributed by atoms with van der Waals surface area (Å²) in [6.45, 7) is 3.36. The minimum atomic E-state index is -0.564. The molecule has 1 heterocycles. The summed E-state index contributed by atoms with van der Waals surface area (Å²) in [5, 5.41) is 12.6. The Morgan fingerprint density at radius 2 is 1.80 bits per heavy atom. The van der Waals surface area contributed by atoms with Crippen molar-refractivity contribution in [1.29, 1.82) is 0 Å². The Morgan fingerprint density at radius 3 is 2.36 bits per heavy atom. The second-order valence-electron chi connectivity index (χ2n) is 6.81. The van der Waals surface area contributed by atoms with Gasteiger partial charge >= 0.3 is 6.03 Å². The van der Waals surface area contributed by atoms with Crippen molar-refractivity contribution in [1.82, 2.24) is 15.1 Å². The Balaban J connectivity index is 1.52. The maximum Gasteiger partial charge on any atom is 0.312 e. The molecule has 4 N–H and O–H groups in total. The predicted octanol–water partition coefficient (Wildman–Crippen LogP) is 0.526. The molecule has 1 aliphatic heterocycles. The number of primary amides is 1. The number of rotatable bonds is 4. The number of nitrogens with one attached hydrogen (secondary N) is 1. The first kappa shape index (κ1) is 17.7. The van der Waals surface area contributed by atoms with Crippen LogP contribution >= 0.6 is 0 Å². The molecule has 1 aromatic carbocycles. The van der Waals surface area contributed by atoms with E-state index < -0.39 is 6.03 Å². The molecule has 1 aromatic rings. The third kappa shape index (κ3) is 4.29. The number of carbonyl (C=O) groups is 2. The van der Waals surface area contributed by atoms with Crippen LogP contribution in [0, 0.1) is 0 Å². The zero-order valence-corrected chi connectivity index (χ0v) is 14.4. The molecule has 25 heavy (non-hydrogen) atoms. The van der Waals surface area contributed by atoms with E-state index in [0.29, 0.717) is 25.2 Å². The maximum absolute atomic E-state index is 12.6. The first-order valence-electron chi connectivity index (χ1n) is 8.88. The summed E-state index contributed by atoms with van der Waals surface area (Å²) in [6, 6.07) is 6.92. The lowest BCUT2D eigenvalue weighted by Gasteiger charge is -2.39. The highest BCUT2D eigenvalue weighted by Gasteiger charge is 2.33. The quantitative estimate of drug-likeness (QED) is 0.740. The lowest BCUT2D eigenvalue weighted by atomic mass is 10.1. The average Bonchev–Trinajstić information content (AvgIpc) is 3.06. The first-order chi connectivity index (χ1) is 12.0. The van der Waals surface area contributed by atoms with Crippen LogP contribution in [-0.4, -0.2) is 65.2 Å². The smallest absolute Gasteiger partial charge is 0.312 e. The Hall–Kier alpha value is -2.12. The molecule has 0 radical (unpaired) electrons. The van der Waals surface area contributed by atoms with Gasteiger partial charge in [-0.3, -0.25) is 9.69 Å². The van der Waals surface area contributed by atoms with Crippen LogP contribution in [0.15, 0.2) is 24.3 Å². The van der Waals surface area contributed by atoms with E-state index in [2.05, 4.69) is 10.2 Å². The van der Waals surface area contributed by atoms with E-state index in [1.165, 1.54) is 0 Å². The van der Waals surface area contributed by atoms with Crippen molar-refractivity contribution in [3.8, 4) is 0 Å². The summed E-state index contributed by atoms with van der Waals surface area (Å²) in [7, 11) is 0. The van der Waals surface area contributed by atoms with Crippen LogP contribution in [0.3, 0.4) is 0 Å². The number of carbonyl (C=O) groups excluding carboxylic acids is 2. The van der Waals surface area contributed by atoms with Crippen molar-refractivity contribution in [2.45, 2.75) is 38.0 Å². The fourth-order valence-corrected chi connectivity index (χ4v) is 3.74. The molecule has 0 aromatic heterocycles. The van der Waals surface area contributed by atoms with Crippen LogP contribution in [0.5, 0.6) is 0 Å². The van der Waals surface area contributed by atoms with E-state index in [1.807, 2.05) is 17.0 Å². The molecule has 7 nitrogen and oxygen atoms in total. The van der Waals surface area contributed by atoms with Crippen molar-refractivity contribution < 1.29 is 14.7 Å². The van der Waals surface area contributed by atoms with Gasteiger partial charge in [-0.2, -0.15) is 0 Å². The molecule has 7 heteroatoms. The highest BCUT2D eigenvalue weighted by atomic mass is 16.3. The number of amides is 3. The number of piperazine rings is 1. The second kappa shape index (κ2) is 7.84. The van der Waals surface area contributed by atoms with Crippen molar-refractivity contribution in [3.63, 3.8) is 0 Å². The first-order valence-corrected chi connectivity index (χ1v) is 8.88. The van der Waals surface area contributed by atoms with Crippen LogP contribution in [0.4, 0.5) is 4.79 Å². The highest BCUT2D eigenvalue weighted by molar-refractivity contribution is 5.94. The lowest BCUT2D eigenvalue weighted by molar-refractivity contribution is 0.0315. The fraction of sp³-hybridized carbons (Fsp3) is 0.556. The number of nitrogens with two attached hydrogens (primary N) is 1. The number of hydrogen-bond acceptors (Lipinski definition) is 4. The van der Waals surface area contributed by atoms with Gasteiger partial charge in [-0.15, -0.1) is 0 Å². The number of nitrogens with zero attached hydrogens (tertiary/aromatic N) is 2.